The summed E-state index contributed by atoms with van der Waals surface area (Å²) in [7, 11) is 0. The fourth-order valence-electron chi connectivity index (χ4n) is 4.02. The first kappa shape index (κ1) is 21.0. The first-order chi connectivity index (χ1) is 15.2. The van der Waals surface area contributed by atoms with E-state index in [1.165, 1.54) is 0 Å². The van der Waals surface area contributed by atoms with Gasteiger partial charge in [-0.1, -0.05) is 24.3 Å². The Morgan fingerprint density at radius 1 is 1.06 bits per heavy atom. The van der Waals surface area contributed by atoms with Gasteiger partial charge in [0.2, 0.25) is 0 Å². The van der Waals surface area contributed by atoms with E-state index in [1.807, 2.05) is 48.5 Å². The first-order valence-electron chi connectivity index (χ1n) is 10.9. The van der Waals surface area contributed by atoms with Gasteiger partial charge >= 0.3 is 0 Å². The lowest BCUT2D eigenvalue weighted by Gasteiger charge is -2.36. The third-order valence-corrected chi connectivity index (χ3v) is 5.82. The molecule has 4 rings (SSSR count). The third kappa shape index (κ3) is 5.44. The number of fused-ring (bicyclic) bond motifs is 1. The van der Waals surface area contributed by atoms with E-state index in [-0.39, 0.29) is 5.91 Å². The molecular weight excluding hydrogens is 388 g/mol. The van der Waals surface area contributed by atoms with E-state index in [0.29, 0.717) is 24.3 Å². The van der Waals surface area contributed by atoms with E-state index in [9.17, 15) is 4.79 Å². The van der Waals surface area contributed by atoms with Gasteiger partial charge in [0.15, 0.2) is 0 Å². The lowest BCUT2D eigenvalue weighted by molar-refractivity contribution is -0.117. The van der Waals surface area contributed by atoms with Crippen LogP contribution in [0.2, 0.25) is 0 Å². The van der Waals surface area contributed by atoms with Crippen molar-refractivity contribution in [3.63, 3.8) is 0 Å². The fourth-order valence-corrected chi connectivity index (χ4v) is 4.02. The van der Waals surface area contributed by atoms with Gasteiger partial charge in [0.1, 0.15) is 12.4 Å². The average Bonchev–Trinajstić information content (AvgIpc) is 2.84. The van der Waals surface area contributed by atoms with Crippen LogP contribution < -0.4 is 15.0 Å². The predicted molar refractivity (Wildman–Crippen MR) is 122 cm³/mol. The second-order valence-corrected chi connectivity index (χ2v) is 7.95. The van der Waals surface area contributed by atoms with Gasteiger partial charge in [-0.15, -0.1) is 0 Å². The molecule has 0 aromatic heterocycles. The van der Waals surface area contributed by atoms with Crippen molar-refractivity contribution in [3.05, 3.63) is 65.2 Å². The highest BCUT2D eigenvalue weighted by Crippen LogP contribution is 2.25. The highest BCUT2D eigenvalue weighted by atomic mass is 16.5. The highest BCUT2D eigenvalue weighted by molar-refractivity contribution is 5.99. The van der Waals surface area contributed by atoms with E-state index in [2.05, 4.69) is 27.3 Å². The van der Waals surface area contributed by atoms with Crippen molar-refractivity contribution in [2.24, 2.45) is 0 Å². The molecule has 1 saturated heterocycles. The van der Waals surface area contributed by atoms with Crippen molar-refractivity contribution in [3.8, 4) is 11.8 Å². The molecular formula is C25H28N4O2. The summed E-state index contributed by atoms with van der Waals surface area (Å²) in [5, 5.41) is 12.1. The molecule has 1 N–H and O–H groups in total. The van der Waals surface area contributed by atoms with Gasteiger partial charge in [-0.05, 0) is 49.7 Å². The van der Waals surface area contributed by atoms with Gasteiger partial charge < -0.3 is 15.0 Å². The Morgan fingerprint density at radius 2 is 1.90 bits per heavy atom. The summed E-state index contributed by atoms with van der Waals surface area (Å²) < 4.78 is 5.66. The van der Waals surface area contributed by atoms with Gasteiger partial charge in [-0.25, -0.2) is 0 Å². The highest BCUT2D eigenvalue weighted by Gasteiger charge is 2.18. The summed E-state index contributed by atoms with van der Waals surface area (Å²) in [6.07, 6.45) is 3.93. The van der Waals surface area contributed by atoms with Crippen LogP contribution in [-0.4, -0.2) is 56.7 Å². The lowest BCUT2D eigenvalue weighted by atomic mass is 10.1. The Labute approximate surface area is 183 Å². The summed E-state index contributed by atoms with van der Waals surface area (Å²) >= 11 is 0. The zero-order valence-corrected chi connectivity index (χ0v) is 17.7. The maximum absolute atomic E-state index is 12.4. The minimum Gasteiger partial charge on any atom is -0.488 e. The number of benzene rings is 2. The van der Waals surface area contributed by atoms with Gasteiger partial charge in [-0.3, -0.25) is 9.69 Å². The quantitative estimate of drug-likeness (QED) is 0.703. The second kappa shape index (κ2) is 10.1. The summed E-state index contributed by atoms with van der Waals surface area (Å²) in [6.45, 7) is 6.03. The van der Waals surface area contributed by atoms with Crippen LogP contribution >= 0.6 is 0 Å². The summed E-state index contributed by atoms with van der Waals surface area (Å²) in [5.74, 6) is 0.791. The Morgan fingerprint density at radius 3 is 2.74 bits per heavy atom. The van der Waals surface area contributed by atoms with Crippen LogP contribution in [0.15, 0.2) is 54.1 Å². The van der Waals surface area contributed by atoms with Crippen molar-refractivity contribution in [1.29, 1.82) is 5.26 Å². The molecule has 2 aromatic carbocycles. The number of unbranched alkanes of at least 4 members (excludes halogenated alkanes) is 1. The monoisotopic (exact) mass is 416 g/mol. The Bertz CT molecular complexity index is 987. The molecule has 160 valence electrons. The Kier molecular flexibility index (Phi) is 6.85. The maximum atomic E-state index is 12.4. The van der Waals surface area contributed by atoms with E-state index in [1.54, 1.807) is 0 Å². The van der Waals surface area contributed by atoms with E-state index >= 15 is 0 Å². The van der Waals surface area contributed by atoms with E-state index in [0.717, 1.165) is 62.6 Å². The molecule has 0 spiro atoms. The molecule has 1 fully saturated rings. The predicted octanol–water partition coefficient (Wildman–Crippen LogP) is 3.05. The molecule has 0 saturated carbocycles. The zero-order chi connectivity index (χ0) is 21.5. The van der Waals surface area contributed by atoms with Crippen LogP contribution in [0.3, 0.4) is 0 Å². The molecule has 2 aliphatic heterocycles. The summed E-state index contributed by atoms with van der Waals surface area (Å²) in [4.78, 5) is 17.2. The van der Waals surface area contributed by atoms with Crippen molar-refractivity contribution >= 4 is 17.7 Å². The molecule has 6 nitrogen and oxygen atoms in total. The number of nitrogens with zero attached hydrogens (tertiary/aromatic N) is 3. The maximum Gasteiger partial charge on any atom is 0.250 e. The normalized spacial score (nSPS) is 16.0. The number of hydrogen-bond donors (Lipinski definition) is 1. The van der Waals surface area contributed by atoms with E-state index < -0.39 is 0 Å². The molecule has 1 amide bonds. The molecule has 0 atom stereocenters. The number of hydrogen-bond acceptors (Lipinski definition) is 5. The number of para-hydroxylation sites is 1. The standard InChI is InChI=1S/C25H28N4O2/c26-18-20-6-5-8-23(16-20)29-14-12-28(13-15-29)11-4-3-10-27-25(30)22-17-21-7-1-2-9-24(21)31-19-22/h1-2,5-9,16-17H,3-4,10-15,19H2,(H,27,30). The number of carbonyl (C=O) groups excluding carboxylic acids is 1. The number of anilines is 1. The molecule has 2 heterocycles. The first-order valence-corrected chi connectivity index (χ1v) is 10.9. The number of amides is 1. The number of ether oxygens (including phenoxy) is 1. The number of carbonyl (C=O) groups is 1. The number of rotatable bonds is 7. The third-order valence-electron chi connectivity index (χ3n) is 5.82. The number of nitrogens with one attached hydrogen (secondary N) is 1. The SMILES string of the molecule is N#Cc1cccc(N2CCN(CCCCNC(=O)C3=Cc4ccccc4OC3)CC2)c1. The molecule has 0 bridgehead atoms. The Hall–Kier alpha value is -3.30. The molecule has 0 aliphatic carbocycles. The van der Waals surface area contributed by atoms with Crippen LogP contribution in [0, 0.1) is 11.3 Å². The molecule has 2 aliphatic rings. The van der Waals surface area contributed by atoms with Gasteiger partial charge in [0.05, 0.1) is 17.2 Å². The minimum absolute atomic E-state index is 0.0392. The van der Waals surface area contributed by atoms with Crippen LogP contribution in [-0.2, 0) is 4.79 Å². The van der Waals surface area contributed by atoms with Crippen LogP contribution in [0.1, 0.15) is 24.0 Å². The van der Waals surface area contributed by atoms with Crippen LogP contribution in [0.5, 0.6) is 5.75 Å². The molecule has 2 aromatic rings. The van der Waals surface area contributed by atoms with Crippen LogP contribution in [0.4, 0.5) is 5.69 Å². The smallest absolute Gasteiger partial charge is 0.250 e. The Balaban J connectivity index is 1.13. The van der Waals surface area contributed by atoms with Crippen molar-refractivity contribution in [2.45, 2.75) is 12.8 Å². The van der Waals surface area contributed by atoms with Crippen molar-refractivity contribution in [1.82, 2.24) is 10.2 Å². The second-order valence-electron chi connectivity index (χ2n) is 7.95. The van der Waals surface area contributed by atoms with Crippen molar-refractivity contribution < 1.29 is 9.53 Å². The molecule has 31 heavy (non-hydrogen) atoms. The number of piperazine rings is 1. The summed E-state index contributed by atoms with van der Waals surface area (Å²) in [6, 6.07) is 17.8. The fraction of sp³-hybridized carbons (Fsp3) is 0.360. The van der Waals surface area contributed by atoms with Gasteiger partial charge in [0.25, 0.3) is 5.91 Å². The van der Waals surface area contributed by atoms with Crippen molar-refractivity contribution in [2.75, 3.05) is 50.8 Å². The topological polar surface area (TPSA) is 68.6 Å². The van der Waals surface area contributed by atoms with E-state index in [4.69, 9.17) is 10.00 Å². The van der Waals surface area contributed by atoms with Gasteiger partial charge in [-0.2, -0.15) is 5.26 Å². The molecule has 0 radical (unpaired) electrons. The lowest BCUT2D eigenvalue weighted by Crippen LogP contribution is -2.46. The molecule has 0 unspecified atom stereocenters. The average molecular weight is 417 g/mol. The molecule has 6 heteroatoms. The van der Waals surface area contributed by atoms with Crippen LogP contribution in [0.25, 0.3) is 6.08 Å². The van der Waals surface area contributed by atoms with Gasteiger partial charge in [0, 0.05) is 44.0 Å². The summed E-state index contributed by atoms with van der Waals surface area (Å²) in [5.41, 5.74) is 3.47. The zero-order valence-electron chi connectivity index (χ0n) is 17.7. The number of nitriles is 1. The largest absolute Gasteiger partial charge is 0.488 e. The minimum atomic E-state index is -0.0392.